The number of thiazole rings is 1. The minimum Gasteiger partial charge on any atom is -0.487 e. The van der Waals surface area contributed by atoms with Crippen LogP contribution < -0.4 is 10.4 Å². The molecule has 0 radical (unpaired) electrons. The lowest BCUT2D eigenvalue weighted by atomic mass is 10.2. The molecule has 124 valence electrons. The Balaban J connectivity index is 1.52. The van der Waals surface area contributed by atoms with E-state index in [0.29, 0.717) is 23.0 Å². The zero-order valence-corrected chi connectivity index (χ0v) is 14.5. The first-order valence-electron chi connectivity index (χ1n) is 7.55. The summed E-state index contributed by atoms with van der Waals surface area (Å²) in [5.74, 6) is 0.620. The van der Waals surface area contributed by atoms with E-state index in [4.69, 9.17) is 20.8 Å². The standard InChI is InChI=1S/C19H12ClNO3S/c20-16-4-2-1-3-15(16)19-21-13(11-25-19)10-23-14-7-5-12-6-8-18(22)24-17(12)9-14/h1-9,11H,10H2. The largest absolute Gasteiger partial charge is 0.487 e. The second-order valence-corrected chi connectivity index (χ2v) is 6.63. The number of ether oxygens (including phenoxy) is 1. The van der Waals surface area contributed by atoms with Gasteiger partial charge in [0.25, 0.3) is 0 Å². The normalized spacial score (nSPS) is 10.9. The molecule has 0 spiro atoms. The van der Waals surface area contributed by atoms with Crippen LogP contribution in [0.15, 0.2) is 69.2 Å². The summed E-state index contributed by atoms with van der Waals surface area (Å²) in [5.41, 5.74) is 1.84. The number of aromatic nitrogens is 1. The van der Waals surface area contributed by atoms with E-state index in [1.807, 2.05) is 41.8 Å². The fourth-order valence-electron chi connectivity index (χ4n) is 2.42. The van der Waals surface area contributed by atoms with Crippen molar-refractivity contribution in [1.29, 1.82) is 0 Å². The van der Waals surface area contributed by atoms with Crippen LogP contribution in [0.2, 0.25) is 5.02 Å². The van der Waals surface area contributed by atoms with Gasteiger partial charge in [0, 0.05) is 28.5 Å². The van der Waals surface area contributed by atoms with Crippen LogP contribution >= 0.6 is 22.9 Å². The zero-order chi connectivity index (χ0) is 17.2. The lowest BCUT2D eigenvalue weighted by Crippen LogP contribution is -1.97. The fourth-order valence-corrected chi connectivity index (χ4v) is 3.54. The average Bonchev–Trinajstić information content (AvgIpc) is 3.08. The van der Waals surface area contributed by atoms with Crippen molar-refractivity contribution in [2.24, 2.45) is 0 Å². The molecule has 0 atom stereocenters. The van der Waals surface area contributed by atoms with Gasteiger partial charge in [-0.25, -0.2) is 9.78 Å². The molecule has 0 bridgehead atoms. The van der Waals surface area contributed by atoms with Gasteiger partial charge >= 0.3 is 5.63 Å². The van der Waals surface area contributed by atoms with Crippen LogP contribution in [0.1, 0.15) is 5.69 Å². The molecule has 0 aliphatic carbocycles. The summed E-state index contributed by atoms with van der Waals surface area (Å²) < 4.78 is 10.9. The number of benzene rings is 2. The Bertz CT molecular complexity index is 1100. The number of nitrogens with zero attached hydrogens (tertiary/aromatic N) is 1. The summed E-state index contributed by atoms with van der Waals surface area (Å²) in [5, 5.41) is 4.32. The van der Waals surface area contributed by atoms with Crippen LogP contribution in [0.4, 0.5) is 0 Å². The molecule has 25 heavy (non-hydrogen) atoms. The average molecular weight is 370 g/mol. The first-order chi connectivity index (χ1) is 12.2. The van der Waals surface area contributed by atoms with Crippen LogP contribution in [-0.2, 0) is 6.61 Å². The van der Waals surface area contributed by atoms with Gasteiger partial charge in [0.2, 0.25) is 0 Å². The molecule has 2 aromatic heterocycles. The second-order valence-electron chi connectivity index (χ2n) is 5.37. The maximum Gasteiger partial charge on any atom is 0.336 e. The van der Waals surface area contributed by atoms with Gasteiger partial charge in [-0.1, -0.05) is 29.8 Å². The Morgan fingerprint density at radius 1 is 1.12 bits per heavy atom. The van der Waals surface area contributed by atoms with E-state index in [2.05, 4.69) is 4.98 Å². The Morgan fingerprint density at radius 2 is 1.96 bits per heavy atom. The van der Waals surface area contributed by atoms with Gasteiger partial charge in [-0.2, -0.15) is 0 Å². The summed E-state index contributed by atoms with van der Waals surface area (Å²) in [6.07, 6.45) is 0. The molecule has 0 amide bonds. The van der Waals surface area contributed by atoms with E-state index in [1.54, 1.807) is 12.1 Å². The number of hydrogen-bond donors (Lipinski definition) is 0. The molecule has 0 saturated carbocycles. The van der Waals surface area contributed by atoms with Crippen LogP contribution in [0.5, 0.6) is 5.75 Å². The third-order valence-corrected chi connectivity index (χ3v) is 4.89. The molecule has 0 fully saturated rings. The van der Waals surface area contributed by atoms with Crippen molar-refractivity contribution in [3.8, 4) is 16.3 Å². The molecule has 4 aromatic rings. The quantitative estimate of drug-likeness (QED) is 0.467. The Kier molecular flexibility index (Phi) is 4.26. The Hall–Kier alpha value is -2.63. The van der Waals surface area contributed by atoms with Gasteiger partial charge < -0.3 is 9.15 Å². The lowest BCUT2D eigenvalue weighted by Gasteiger charge is -2.05. The van der Waals surface area contributed by atoms with Crippen molar-refractivity contribution in [2.75, 3.05) is 0 Å². The van der Waals surface area contributed by atoms with Gasteiger partial charge in [0.05, 0.1) is 10.7 Å². The van der Waals surface area contributed by atoms with Crippen molar-refractivity contribution in [3.63, 3.8) is 0 Å². The first kappa shape index (κ1) is 15.9. The number of halogens is 1. The van der Waals surface area contributed by atoms with Crippen molar-refractivity contribution >= 4 is 33.9 Å². The van der Waals surface area contributed by atoms with Gasteiger partial charge in [0.1, 0.15) is 22.9 Å². The minimum atomic E-state index is -0.381. The summed E-state index contributed by atoms with van der Waals surface area (Å²) >= 11 is 7.73. The highest BCUT2D eigenvalue weighted by atomic mass is 35.5. The molecule has 0 unspecified atom stereocenters. The number of rotatable bonds is 4. The summed E-state index contributed by atoms with van der Waals surface area (Å²) in [6.45, 7) is 0.323. The van der Waals surface area contributed by atoms with E-state index in [-0.39, 0.29) is 5.63 Å². The molecule has 0 saturated heterocycles. The van der Waals surface area contributed by atoms with E-state index >= 15 is 0 Å². The SMILES string of the molecule is O=c1ccc2ccc(OCc3csc(-c4ccccc4Cl)n3)cc2o1. The molecular formula is C19H12ClNO3S. The summed E-state index contributed by atoms with van der Waals surface area (Å²) in [7, 11) is 0. The molecule has 0 N–H and O–H groups in total. The summed E-state index contributed by atoms with van der Waals surface area (Å²) in [4.78, 5) is 15.9. The zero-order valence-electron chi connectivity index (χ0n) is 12.9. The Morgan fingerprint density at radius 3 is 2.84 bits per heavy atom. The number of fused-ring (bicyclic) bond motifs is 1. The van der Waals surface area contributed by atoms with Crippen LogP contribution in [0.3, 0.4) is 0 Å². The highest BCUT2D eigenvalue weighted by molar-refractivity contribution is 7.13. The van der Waals surface area contributed by atoms with Crippen molar-refractivity contribution < 1.29 is 9.15 Å². The predicted octanol–water partition coefficient (Wildman–Crippen LogP) is 5.15. The van der Waals surface area contributed by atoms with Crippen molar-refractivity contribution in [1.82, 2.24) is 4.98 Å². The smallest absolute Gasteiger partial charge is 0.336 e. The molecular weight excluding hydrogens is 358 g/mol. The van der Waals surface area contributed by atoms with Gasteiger partial charge in [-0.3, -0.25) is 0 Å². The molecule has 2 heterocycles. The van der Waals surface area contributed by atoms with Gasteiger partial charge in [-0.15, -0.1) is 11.3 Å². The molecule has 0 aliphatic rings. The predicted molar refractivity (Wildman–Crippen MR) is 99.4 cm³/mol. The molecule has 2 aromatic carbocycles. The van der Waals surface area contributed by atoms with Crippen molar-refractivity contribution in [3.05, 3.63) is 81.1 Å². The second kappa shape index (κ2) is 6.70. The minimum absolute atomic E-state index is 0.323. The van der Waals surface area contributed by atoms with Gasteiger partial charge in [0.15, 0.2) is 0 Å². The maximum absolute atomic E-state index is 11.3. The fraction of sp³-hybridized carbons (Fsp3) is 0.0526. The van der Waals surface area contributed by atoms with Crippen LogP contribution in [-0.4, -0.2) is 4.98 Å². The van der Waals surface area contributed by atoms with E-state index < -0.39 is 0 Å². The lowest BCUT2D eigenvalue weighted by molar-refractivity contribution is 0.302. The molecule has 4 rings (SSSR count). The third kappa shape index (κ3) is 3.43. The third-order valence-electron chi connectivity index (χ3n) is 3.64. The molecule has 4 nitrogen and oxygen atoms in total. The van der Waals surface area contributed by atoms with E-state index in [9.17, 15) is 4.79 Å². The number of hydrogen-bond acceptors (Lipinski definition) is 5. The summed E-state index contributed by atoms with van der Waals surface area (Å²) in [6, 6.07) is 16.1. The Labute approximate surface area is 152 Å². The highest BCUT2D eigenvalue weighted by Crippen LogP contribution is 2.30. The van der Waals surface area contributed by atoms with E-state index in [0.717, 1.165) is 21.7 Å². The van der Waals surface area contributed by atoms with Crippen molar-refractivity contribution in [2.45, 2.75) is 6.61 Å². The van der Waals surface area contributed by atoms with Gasteiger partial charge in [-0.05, 0) is 24.3 Å². The topological polar surface area (TPSA) is 52.3 Å². The van der Waals surface area contributed by atoms with Crippen LogP contribution in [0, 0.1) is 0 Å². The van der Waals surface area contributed by atoms with Crippen LogP contribution in [0.25, 0.3) is 21.5 Å². The first-order valence-corrected chi connectivity index (χ1v) is 8.81. The molecule has 0 aliphatic heterocycles. The monoisotopic (exact) mass is 369 g/mol. The maximum atomic E-state index is 11.3. The molecule has 6 heteroatoms. The van der Waals surface area contributed by atoms with E-state index in [1.165, 1.54) is 17.4 Å². The highest BCUT2D eigenvalue weighted by Gasteiger charge is 2.09.